The maximum absolute atomic E-state index is 12.1. The summed E-state index contributed by atoms with van der Waals surface area (Å²) in [6.07, 6.45) is 0. The number of hydrogen-bond acceptors (Lipinski definition) is 5. The van der Waals surface area contributed by atoms with Crippen molar-refractivity contribution < 1.29 is 12.6 Å². The van der Waals surface area contributed by atoms with Crippen LogP contribution in [0.15, 0.2) is 53.4 Å². The van der Waals surface area contributed by atoms with Gasteiger partial charge in [-0.2, -0.15) is 13.7 Å². The fourth-order valence-corrected chi connectivity index (χ4v) is 2.90. The van der Waals surface area contributed by atoms with Crippen LogP contribution in [0.1, 0.15) is 11.1 Å². The SMILES string of the molecule is Cc1ccc(S(=O)(=O)OCCN(C)c2cccc(C#N)c2)cc1. The van der Waals surface area contributed by atoms with Crippen molar-refractivity contribution in [1.82, 2.24) is 0 Å². The van der Waals surface area contributed by atoms with Gasteiger partial charge in [0.2, 0.25) is 0 Å². The van der Waals surface area contributed by atoms with Gasteiger partial charge in [0.15, 0.2) is 0 Å². The summed E-state index contributed by atoms with van der Waals surface area (Å²) in [5, 5.41) is 8.90. The lowest BCUT2D eigenvalue weighted by Gasteiger charge is -2.19. The lowest BCUT2D eigenvalue weighted by Crippen LogP contribution is -2.24. The fourth-order valence-electron chi connectivity index (χ4n) is 2.00. The van der Waals surface area contributed by atoms with Gasteiger partial charge in [0.1, 0.15) is 0 Å². The zero-order valence-corrected chi connectivity index (χ0v) is 13.9. The van der Waals surface area contributed by atoms with Crippen LogP contribution < -0.4 is 4.90 Å². The van der Waals surface area contributed by atoms with Crippen LogP contribution in [0, 0.1) is 18.3 Å². The van der Waals surface area contributed by atoms with Crippen molar-refractivity contribution in [3.8, 4) is 6.07 Å². The van der Waals surface area contributed by atoms with Gasteiger partial charge in [0.05, 0.1) is 23.1 Å². The van der Waals surface area contributed by atoms with Gasteiger partial charge in [-0.05, 0) is 37.3 Å². The molecule has 0 bridgehead atoms. The third-order valence-corrected chi connectivity index (χ3v) is 4.72. The maximum atomic E-state index is 12.1. The van der Waals surface area contributed by atoms with Crippen molar-refractivity contribution >= 4 is 15.8 Å². The Hall–Kier alpha value is -2.36. The average Bonchev–Trinajstić information content (AvgIpc) is 2.55. The Bertz CT molecular complexity index is 808. The molecule has 0 N–H and O–H groups in total. The molecule has 0 amide bonds. The predicted octanol–water partition coefficient (Wildman–Crippen LogP) is 2.71. The molecule has 0 heterocycles. The van der Waals surface area contributed by atoms with Crippen molar-refractivity contribution in [1.29, 1.82) is 5.26 Å². The number of benzene rings is 2. The van der Waals surface area contributed by atoms with Gasteiger partial charge in [0, 0.05) is 19.3 Å². The smallest absolute Gasteiger partial charge is 0.297 e. The summed E-state index contributed by atoms with van der Waals surface area (Å²) in [6.45, 7) is 2.31. The van der Waals surface area contributed by atoms with E-state index in [9.17, 15) is 8.42 Å². The predicted molar refractivity (Wildman–Crippen MR) is 88.7 cm³/mol. The first-order valence-electron chi connectivity index (χ1n) is 7.10. The number of aryl methyl sites for hydroxylation is 1. The minimum atomic E-state index is -3.75. The van der Waals surface area contributed by atoms with E-state index in [1.165, 1.54) is 12.1 Å². The third-order valence-electron chi connectivity index (χ3n) is 3.39. The highest BCUT2D eigenvalue weighted by molar-refractivity contribution is 7.86. The van der Waals surface area contributed by atoms with E-state index in [0.29, 0.717) is 12.1 Å². The van der Waals surface area contributed by atoms with Crippen LogP contribution in [-0.2, 0) is 14.3 Å². The van der Waals surface area contributed by atoms with Crippen LogP contribution >= 0.6 is 0 Å². The summed E-state index contributed by atoms with van der Waals surface area (Å²) < 4.78 is 29.2. The summed E-state index contributed by atoms with van der Waals surface area (Å²) in [5.74, 6) is 0. The van der Waals surface area contributed by atoms with E-state index < -0.39 is 10.1 Å². The second kappa shape index (κ2) is 7.27. The summed E-state index contributed by atoms with van der Waals surface area (Å²) in [5.41, 5.74) is 2.38. The molecule has 2 rings (SSSR count). The van der Waals surface area contributed by atoms with Gasteiger partial charge in [-0.15, -0.1) is 0 Å². The second-order valence-corrected chi connectivity index (χ2v) is 6.79. The molecule has 120 valence electrons. The lowest BCUT2D eigenvalue weighted by molar-refractivity contribution is 0.325. The van der Waals surface area contributed by atoms with Crippen LogP contribution in [0.4, 0.5) is 5.69 Å². The molecule has 0 atom stereocenters. The van der Waals surface area contributed by atoms with Gasteiger partial charge in [0.25, 0.3) is 10.1 Å². The lowest BCUT2D eigenvalue weighted by atomic mass is 10.2. The molecule has 23 heavy (non-hydrogen) atoms. The number of hydrogen-bond donors (Lipinski definition) is 0. The Morgan fingerprint density at radius 1 is 1.17 bits per heavy atom. The topological polar surface area (TPSA) is 70.4 Å². The molecule has 0 saturated carbocycles. The fraction of sp³-hybridized carbons (Fsp3) is 0.235. The standard InChI is InChI=1S/C17H18N2O3S/c1-14-6-8-17(9-7-14)23(20,21)22-11-10-19(2)16-5-3-4-15(12-16)13-18/h3-9,12H,10-11H2,1-2H3. The maximum Gasteiger partial charge on any atom is 0.297 e. The Morgan fingerprint density at radius 3 is 2.52 bits per heavy atom. The monoisotopic (exact) mass is 330 g/mol. The molecule has 0 radical (unpaired) electrons. The average molecular weight is 330 g/mol. The van der Waals surface area contributed by atoms with Crippen molar-refractivity contribution in [2.45, 2.75) is 11.8 Å². The molecule has 0 spiro atoms. The van der Waals surface area contributed by atoms with Crippen LogP contribution in [0.2, 0.25) is 0 Å². The van der Waals surface area contributed by atoms with E-state index in [-0.39, 0.29) is 11.5 Å². The molecule has 0 aliphatic rings. The normalized spacial score (nSPS) is 11.0. The third kappa shape index (κ3) is 4.55. The summed E-state index contributed by atoms with van der Waals surface area (Å²) in [4.78, 5) is 1.99. The van der Waals surface area contributed by atoms with Gasteiger partial charge < -0.3 is 4.90 Å². The number of rotatable bonds is 6. The molecule has 0 aromatic heterocycles. The first kappa shape index (κ1) is 17.0. The number of likely N-dealkylation sites (N-methyl/N-ethyl adjacent to an activating group) is 1. The molecule has 0 aliphatic carbocycles. The molecule has 5 nitrogen and oxygen atoms in total. The Morgan fingerprint density at radius 2 is 1.87 bits per heavy atom. The molecular weight excluding hydrogens is 312 g/mol. The van der Waals surface area contributed by atoms with E-state index in [1.54, 1.807) is 30.3 Å². The Labute approximate surface area is 136 Å². The molecule has 0 fully saturated rings. The van der Waals surface area contributed by atoms with Gasteiger partial charge in [-0.1, -0.05) is 23.8 Å². The molecule has 0 aliphatic heterocycles. The van der Waals surface area contributed by atoms with Crippen LogP contribution in [0.25, 0.3) is 0 Å². The van der Waals surface area contributed by atoms with Crippen LogP contribution in [-0.4, -0.2) is 28.6 Å². The Balaban J connectivity index is 1.96. The first-order chi connectivity index (χ1) is 10.9. The highest BCUT2D eigenvalue weighted by Crippen LogP contribution is 2.16. The number of nitriles is 1. The summed E-state index contributed by atoms with van der Waals surface area (Å²) in [6, 6.07) is 15.7. The minimum absolute atomic E-state index is 0.0312. The molecule has 6 heteroatoms. The molecule has 0 unspecified atom stereocenters. The Kier molecular flexibility index (Phi) is 5.37. The van der Waals surface area contributed by atoms with Crippen molar-refractivity contribution in [2.24, 2.45) is 0 Å². The first-order valence-corrected chi connectivity index (χ1v) is 8.50. The zero-order chi connectivity index (χ0) is 16.9. The molecule has 2 aromatic rings. The molecule has 0 saturated heterocycles. The zero-order valence-electron chi connectivity index (χ0n) is 13.1. The summed E-state index contributed by atoms with van der Waals surface area (Å²) >= 11 is 0. The summed E-state index contributed by atoms with van der Waals surface area (Å²) in [7, 11) is -1.93. The van der Waals surface area contributed by atoms with Crippen LogP contribution in [0.5, 0.6) is 0 Å². The van der Waals surface area contributed by atoms with E-state index in [2.05, 4.69) is 6.07 Å². The van der Waals surface area contributed by atoms with E-state index in [1.807, 2.05) is 24.9 Å². The number of nitrogens with zero attached hydrogens (tertiary/aromatic N) is 2. The second-order valence-electron chi connectivity index (χ2n) is 5.17. The minimum Gasteiger partial charge on any atom is -0.372 e. The van der Waals surface area contributed by atoms with Gasteiger partial charge >= 0.3 is 0 Å². The van der Waals surface area contributed by atoms with Crippen molar-refractivity contribution in [2.75, 3.05) is 25.1 Å². The van der Waals surface area contributed by atoms with Gasteiger partial charge in [-0.25, -0.2) is 0 Å². The number of anilines is 1. The van der Waals surface area contributed by atoms with E-state index in [4.69, 9.17) is 9.44 Å². The van der Waals surface area contributed by atoms with E-state index >= 15 is 0 Å². The quantitative estimate of drug-likeness (QED) is 0.762. The van der Waals surface area contributed by atoms with Crippen LogP contribution in [0.3, 0.4) is 0 Å². The largest absolute Gasteiger partial charge is 0.372 e. The van der Waals surface area contributed by atoms with Crippen molar-refractivity contribution in [3.05, 3.63) is 59.7 Å². The molecule has 2 aromatic carbocycles. The van der Waals surface area contributed by atoms with Gasteiger partial charge in [-0.3, -0.25) is 4.18 Å². The highest BCUT2D eigenvalue weighted by Gasteiger charge is 2.15. The molecular formula is C17H18N2O3S. The van der Waals surface area contributed by atoms with E-state index in [0.717, 1.165) is 11.3 Å². The highest BCUT2D eigenvalue weighted by atomic mass is 32.2. The van der Waals surface area contributed by atoms with Crippen molar-refractivity contribution in [3.63, 3.8) is 0 Å².